The summed E-state index contributed by atoms with van der Waals surface area (Å²) in [6.45, 7) is 0. The summed E-state index contributed by atoms with van der Waals surface area (Å²) in [6, 6.07) is 9.10. The summed E-state index contributed by atoms with van der Waals surface area (Å²) in [5, 5.41) is 0. The third kappa shape index (κ3) is 3.80. The SMILES string of the molecule is O=Cc1ccccc1.[Na+].[OH-]. The predicted molar refractivity (Wildman–Crippen MR) is 33.8 cm³/mol. The molecule has 2 nitrogen and oxygen atoms in total. The molecule has 0 saturated carbocycles. The fourth-order valence-electron chi connectivity index (χ4n) is 0.532. The Morgan fingerprint density at radius 2 is 1.60 bits per heavy atom. The van der Waals surface area contributed by atoms with Crippen LogP contribution in [-0.4, -0.2) is 11.8 Å². The van der Waals surface area contributed by atoms with E-state index in [0.29, 0.717) is 0 Å². The normalized spacial score (nSPS) is 6.80. The number of benzene rings is 1. The molecule has 0 aliphatic carbocycles. The number of carbonyl (C=O) groups is 1. The Hall–Kier alpha value is -0.150. The Kier molecular flexibility index (Phi) is 8.72. The van der Waals surface area contributed by atoms with Crippen LogP contribution in [0, 0.1) is 0 Å². The largest absolute Gasteiger partial charge is 1.00 e. The molecule has 1 rings (SSSR count). The molecule has 0 aromatic heterocycles. The zero-order valence-corrected chi connectivity index (χ0v) is 7.82. The summed E-state index contributed by atoms with van der Waals surface area (Å²) in [6.07, 6.45) is 0.833. The van der Waals surface area contributed by atoms with E-state index in [2.05, 4.69) is 0 Å². The van der Waals surface area contributed by atoms with Crippen LogP contribution in [0.25, 0.3) is 0 Å². The smallest absolute Gasteiger partial charge is 0.870 e. The van der Waals surface area contributed by atoms with Gasteiger partial charge in [-0.2, -0.15) is 0 Å². The Balaban J connectivity index is 0. The monoisotopic (exact) mass is 146 g/mol. The van der Waals surface area contributed by atoms with Crippen molar-refractivity contribution >= 4 is 6.29 Å². The zero-order valence-electron chi connectivity index (χ0n) is 5.82. The Labute approximate surface area is 81.9 Å². The van der Waals surface area contributed by atoms with Gasteiger partial charge in [0.15, 0.2) is 0 Å². The van der Waals surface area contributed by atoms with Crippen molar-refractivity contribution in [2.45, 2.75) is 0 Å². The van der Waals surface area contributed by atoms with Gasteiger partial charge in [-0.3, -0.25) is 4.79 Å². The predicted octanol–water partition coefficient (Wildman–Crippen LogP) is -1.67. The van der Waals surface area contributed by atoms with E-state index in [1.54, 1.807) is 12.1 Å². The van der Waals surface area contributed by atoms with Gasteiger partial charge >= 0.3 is 29.6 Å². The fraction of sp³-hybridized carbons (Fsp3) is 0. The molecule has 0 spiro atoms. The minimum Gasteiger partial charge on any atom is -0.870 e. The molecule has 48 valence electrons. The Bertz CT molecular complexity index is 174. The quantitative estimate of drug-likeness (QED) is 0.351. The minimum absolute atomic E-state index is 0. The average molecular weight is 146 g/mol. The van der Waals surface area contributed by atoms with Crippen molar-refractivity contribution in [1.82, 2.24) is 0 Å². The molecule has 0 aliphatic heterocycles. The molecule has 0 saturated heterocycles. The average Bonchev–Trinajstić information content (AvgIpc) is 1.90. The summed E-state index contributed by atoms with van der Waals surface area (Å²) in [5.41, 5.74) is 0.729. The van der Waals surface area contributed by atoms with Crippen LogP contribution in [-0.2, 0) is 0 Å². The Morgan fingerprint density at radius 3 is 1.90 bits per heavy atom. The van der Waals surface area contributed by atoms with Crippen LogP contribution in [0.3, 0.4) is 0 Å². The molecule has 0 atom stereocenters. The van der Waals surface area contributed by atoms with Crippen molar-refractivity contribution in [1.29, 1.82) is 0 Å². The van der Waals surface area contributed by atoms with Gasteiger partial charge in [0.1, 0.15) is 6.29 Å². The number of rotatable bonds is 1. The van der Waals surface area contributed by atoms with Crippen molar-refractivity contribution in [3.63, 3.8) is 0 Å². The van der Waals surface area contributed by atoms with E-state index in [1.807, 2.05) is 18.2 Å². The van der Waals surface area contributed by atoms with E-state index in [9.17, 15) is 4.79 Å². The number of hydrogen-bond acceptors (Lipinski definition) is 2. The molecule has 1 aromatic carbocycles. The van der Waals surface area contributed by atoms with Gasteiger partial charge in [-0.25, -0.2) is 0 Å². The van der Waals surface area contributed by atoms with Crippen LogP contribution in [0.15, 0.2) is 30.3 Å². The second-order valence-electron chi connectivity index (χ2n) is 1.53. The zero-order chi connectivity index (χ0) is 5.82. The maximum Gasteiger partial charge on any atom is 1.00 e. The van der Waals surface area contributed by atoms with Crippen molar-refractivity contribution in [3.8, 4) is 0 Å². The molecule has 1 N–H and O–H groups in total. The summed E-state index contributed by atoms with van der Waals surface area (Å²) in [4.78, 5) is 10.0. The van der Waals surface area contributed by atoms with Gasteiger partial charge < -0.3 is 5.48 Å². The van der Waals surface area contributed by atoms with Crippen LogP contribution in [0.1, 0.15) is 10.4 Å². The van der Waals surface area contributed by atoms with Crippen molar-refractivity contribution in [2.24, 2.45) is 0 Å². The molecular weight excluding hydrogens is 139 g/mol. The second kappa shape index (κ2) is 6.96. The first-order valence-electron chi connectivity index (χ1n) is 2.44. The van der Waals surface area contributed by atoms with Gasteiger partial charge in [0.05, 0.1) is 0 Å². The molecule has 0 heterocycles. The summed E-state index contributed by atoms with van der Waals surface area (Å²) < 4.78 is 0. The van der Waals surface area contributed by atoms with Gasteiger partial charge in [0.25, 0.3) is 0 Å². The fourth-order valence-corrected chi connectivity index (χ4v) is 0.532. The number of aldehydes is 1. The minimum atomic E-state index is 0. The maximum absolute atomic E-state index is 10.0. The van der Waals surface area contributed by atoms with E-state index in [1.165, 1.54) is 0 Å². The number of carbonyl (C=O) groups excluding carboxylic acids is 1. The summed E-state index contributed by atoms with van der Waals surface area (Å²) >= 11 is 0. The first kappa shape index (κ1) is 12.5. The van der Waals surface area contributed by atoms with Crippen molar-refractivity contribution in [3.05, 3.63) is 35.9 Å². The maximum atomic E-state index is 10.0. The first-order valence-corrected chi connectivity index (χ1v) is 2.44. The molecule has 0 fully saturated rings. The van der Waals surface area contributed by atoms with Crippen LogP contribution < -0.4 is 29.6 Å². The van der Waals surface area contributed by atoms with Crippen LogP contribution >= 0.6 is 0 Å². The van der Waals surface area contributed by atoms with Crippen LogP contribution in [0.5, 0.6) is 0 Å². The van der Waals surface area contributed by atoms with Gasteiger partial charge in [0, 0.05) is 5.56 Å². The van der Waals surface area contributed by atoms with Gasteiger partial charge in [-0.15, -0.1) is 0 Å². The third-order valence-electron chi connectivity index (χ3n) is 0.936. The molecule has 0 amide bonds. The van der Waals surface area contributed by atoms with E-state index < -0.39 is 0 Å². The molecule has 0 bridgehead atoms. The van der Waals surface area contributed by atoms with Crippen LogP contribution in [0.4, 0.5) is 0 Å². The summed E-state index contributed by atoms with van der Waals surface area (Å²) in [5.74, 6) is 0. The first-order chi connectivity index (χ1) is 3.93. The Morgan fingerprint density at radius 1 is 1.10 bits per heavy atom. The van der Waals surface area contributed by atoms with Crippen molar-refractivity contribution < 1.29 is 39.8 Å². The molecular formula is C7H7NaO2. The molecule has 3 heteroatoms. The van der Waals surface area contributed by atoms with Crippen molar-refractivity contribution in [2.75, 3.05) is 0 Å². The van der Waals surface area contributed by atoms with Gasteiger partial charge in [0.2, 0.25) is 0 Å². The molecule has 10 heavy (non-hydrogen) atoms. The second-order valence-corrected chi connectivity index (χ2v) is 1.53. The van der Waals surface area contributed by atoms with E-state index in [-0.39, 0.29) is 35.0 Å². The molecule has 1 aromatic rings. The molecule has 0 unspecified atom stereocenters. The van der Waals surface area contributed by atoms with E-state index in [0.717, 1.165) is 11.8 Å². The van der Waals surface area contributed by atoms with Crippen LogP contribution in [0.2, 0.25) is 0 Å². The molecule has 0 aliphatic rings. The third-order valence-corrected chi connectivity index (χ3v) is 0.936. The standard InChI is InChI=1S/C7H6O.Na.H2O/c8-6-7-4-2-1-3-5-7;;/h1-6H;;1H2/q;+1;/p-1. The topological polar surface area (TPSA) is 47.1 Å². The van der Waals surface area contributed by atoms with Gasteiger partial charge in [-0.05, 0) is 0 Å². The summed E-state index contributed by atoms with van der Waals surface area (Å²) in [7, 11) is 0. The molecule has 0 radical (unpaired) electrons. The number of hydrogen-bond donors (Lipinski definition) is 0. The van der Waals surface area contributed by atoms with E-state index >= 15 is 0 Å². The van der Waals surface area contributed by atoms with Gasteiger partial charge in [-0.1, -0.05) is 30.3 Å². The van der Waals surface area contributed by atoms with E-state index in [4.69, 9.17) is 0 Å².